The number of para-hydroxylation sites is 1. The molecule has 0 aliphatic carbocycles. The molecule has 0 fully saturated rings. The van der Waals surface area contributed by atoms with Crippen molar-refractivity contribution in [3.05, 3.63) is 125 Å². The minimum absolute atomic E-state index is 0.00321. The van der Waals surface area contributed by atoms with Gasteiger partial charge in [-0.15, -0.1) is 0 Å². The Bertz CT molecular complexity index is 1680. The first-order valence-electron chi connectivity index (χ1n) is 13.4. The lowest BCUT2D eigenvalue weighted by molar-refractivity contribution is -0.991. The fourth-order valence-corrected chi connectivity index (χ4v) is 4.77. The van der Waals surface area contributed by atoms with Gasteiger partial charge in [0.25, 0.3) is 5.91 Å². The predicted molar refractivity (Wildman–Crippen MR) is 159 cm³/mol. The molecular formula is C33H32N4O4. The van der Waals surface area contributed by atoms with Crippen LogP contribution in [-0.2, 0) is 0 Å². The van der Waals surface area contributed by atoms with Gasteiger partial charge in [-0.05, 0) is 49.1 Å². The van der Waals surface area contributed by atoms with Gasteiger partial charge in [0.1, 0.15) is 17.2 Å². The highest BCUT2D eigenvalue weighted by atomic mass is 16.8. The molecule has 41 heavy (non-hydrogen) atoms. The van der Waals surface area contributed by atoms with E-state index in [1.165, 1.54) is 12.1 Å². The molecule has 1 amide bonds. The Morgan fingerprint density at radius 1 is 0.951 bits per heavy atom. The van der Waals surface area contributed by atoms with Gasteiger partial charge < -0.3 is 15.3 Å². The van der Waals surface area contributed by atoms with Crippen molar-refractivity contribution in [2.24, 2.45) is 0 Å². The standard InChI is InChI=1S/C33H32N4O4/c1-21(2)29-16-15-22(3)17-30(29)41-28-19-25(18-27(20-28)37(39)40)34-33(38)31-23(4)36(26-13-9-6-10-14-26)35-32(31)24-11-7-5-8-12-24/h5-21,37,39H,1-4H3,(H,34,38). The van der Waals surface area contributed by atoms with E-state index in [-0.39, 0.29) is 11.6 Å². The van der Waals surface area contributed by atoms with Crippen LogP contribution in [0.15, 0.2) is 97.1 Å². The largest absolute Gasteiger partial charge is 0.595 e. The van der Waals surface area contributed by atoms with Gasteiger partial charge in [0.15, 0.2) is 5.69 Å². The average Bonchev–Trinajstić information content (AvgIpc) is 3.30. The second-order valence-electron chi connectivity index (χ2n) is 10.2. The molecule has 0 saturated heterocycles. The van der Waals surface area contributed by atoms with Crippen LogP contribution in [-0.4, -0.2) is 20.9 Å². The summed E-state index contributed by atoms with van der Waals surface area (Å²) in [6, 6.07) is 29.6. The predicted octanol–water partition coefficient (Wildman–Crippen LogP) is 6.73. The van der Waals surface area contributed by atoms with E-state index in [0.29, 0.717) is 34.1 Å². The van der Waals surface area contributed by atoms with Crippen LogP contribution in [0.3, 0.4) is 0 Å². The average molecular weight is 549 g/mol. The van der Waals surface area contributed by atoms with E-state index in [0.717, 1.165) is 22.4 Å². The van der Waals surface area contributed by atoms with Gasteiger partial charge in [-0.25, -0.2) is 9.89 Å². The Morgan fingerprint density at radius 2 is 1.63 bits per heavy atom. The number of nitrogens with zero attached hydrogens (tertiary/aromatic N) is 2. The van der Waals surface area contributed by atoms with Gasteiger partial charge in [-0.1, -0.05) is 74.5 Å². The van der Waals surface area contributed by atoms with Gasteiger partial charge in [0, 0.05) is 23.8 Å². The highest BCUT2D eigenvalue weighted by Crippen LogP contribution is 2.34. The van der Waals surface area contributed by atoms with Crippen LogP contribution < -0.4 is 15.3 Å². The lowest BCUT2D eigenvalue weighted by Crippen LogP contribution is -2.99. The molecule has 5 rings (SSSR count). The van der Waals surface area contributed by atoms with Crippen LogP contribution in [0.5, 0.6) is 11.5 Å². The number of carbonyl (C=O) groups excluding carboxylic acids is 1. The molecule has 208 valence electrons. The van der Waals surface area contributed by atoms with E-state index < -0.39 is 11.1 Å². The summed E-state index contributed by atoms with van der Waals surface area (Å²) in [6.07, 6.45) is 0. The molecule has 1 atom stereocenters. The van der Waals surface area contributed by atoms with Gasteiger partial charge in [0.2, 0.25) is 0 Å². The maximum Gasteiger partial charge on any atom is 0.259 e. The van der Waals surface area contributed by atoms with Gasteiger partial charge >= 0.3 is 0 Å². The molecule has 4 aromatic carbocycles. The number of hydrogen-bond acceptors (Lipinski definition) is 5. The van der Waals surface area contributed by atoms with E-state index in [1.807, 2.05) is 92.7 Å². The minimum atomic E-state index is -1.13. The quantitative estimate of drug-likeness (QED) is 0.187. The first kappa shape index (κ1) is 27.8. The molecule has 1 aromatic heterocycles. The highest BCUT2D eigenvalue weighted by Gasteiger charge is 2.24. The molecule has 1 heterocycles. The number of amides is 1. The summed E-state index contributed by atoms with van der Waals surface area (Å²) in [5.41, 5.74) is 5.50. The van der Waals surface area contributed by atoms with E-state index in [1.54, 1.807) is 10.7 Å². The Kier molecular flexibility index (Phi) is 7.98. The zero-order chi connectivity index (χ0) is 29.1. The minimum Gasteiger partial charge on any atom is -0.595 e. The number of ether oxygens (including phenoxy) is 1. The molecule has 0 radical (unpaired) electrons. The van der Waals surface area contributed by atoms with Gasteiger partial charge in [0.05, 0.1) is 22.6 Å². The molecule has 0 bridgehead atoms. The number of hydrogen-bond donors (Lipinski definition) is 3. The summed E-state index contributed by atoms with van der Waals surface area (Å²) in [5, 5.41) is 28.4. The number of rotatable bonds is 8. The van der Waals surface area contributed by atoms with Crippen LogP contribution in [0.4, 0.5) is 11.4 Å². The number of anilines is 1. The lowest BCUT2D eigenvalue weighted by atomic mass is 10.0. The van der Waals surface area contributed by atoms with Crippen molar-refractivity contribution in [1.29, 1.82) is 0 Å². The fraction of sp³-hybridized carbons (Fsp3) is 0.152. The highest BCUT2D eigenvalue weighted by molar-refractivity contribution is 6.09. The normalized spacial score (nSPS) is 11.9. The molecule has 0 spiro atoms. The Balaban J connectivity index is 1.55. The molecule has 8 heteroatoms. The van der Waals surface area contributed by atoms with Gasteiger partial charge in [-0.2, -0.15) is 10.3 Å². The third-order valence-electron chi connectivity index (χ3n) is 6.82. The molecule has 0 aliphatic heterocycles. The number of aromatic nitrogens is 2. The van der Waals surface area contributed by atoms with Crippen molar-refractivity contribution in [3.8, 4) is 28.4 Å². The van der Waals surface area contributed by atoms with Crippen molar-refractivity contribution in [3.63, 3.8) is 0 Å². The summed E-state index contributed by atoms with van der Waals surface area (Å²) in [7, 11) is 0. The molecule has 5 aromatic rings. The van der Waals surface area contributed by atoms with Crippen molar-refractivity contribution in [2.45, 2.75) is 33.6 Å². The van der Waals surface area contributed by atoms with Crippen LogP contribution in [0, 0.1) is 19.1 Å². The molecule has 0 aliphatic rings. The number of carbonyl (C=O) groups is 1. The van der Waals surface area contributed by atoms with E-state index in [4.69, 9.17) is 9.84 Å². The molecule has 8 nitrogen and oxygen atoms in total. The second-order valence-corrected chi connectivity index (χ2v) is 10.2. The second kappa shape index (κ2) is 11.8. The first-order chi connectivity index (χ1) is 19.7. The van der Waals surface area contributed by atoms with E-state index in [2.05, 4.69) is 19.2 Å². The Labute approximate surface area is 239 Å². The molecule has 3 N–H and O–H groups in total. The molecular weight excluding hydrogens is 516 g/mol. The molecule has 1 unspecified atom stereocenters. The number of benzene rings is 4. The third kappa shape index (κ3) is 6.05. The van der Waals surface area contributed by atoms with Gasteiger partial charge in [-0.3, -0.25) is 4.79 Å². The van der Waals surface area contributed by atoms with E-state index >= 15 is 0 Å². The maximum absolute atomic E-state index is 13.9. The SMILES string of the molecule is Cc1ccc(C(C)C)c(Oc2cc(NC(=O)c3c(-c4ccccc4)nn(-c4ccccc4)c3C)cc([NH+]([O-])O)c2)c1. The van der Waals surface area contributed by atoms with Crippen LogP contribution in [0.2, 0.25) is 0 Å². The Hall–Kier alpha value is -4.76. The van der Waals surface area contributed by atoms with Crippen molar-refractivity contribution >= 4 is 17.3 Å². The zero-order valence-corrected chi connectivity index (χ0v) is 23.4. The number of quaternary nitrogens is 1. The van der Waals surface area contributed by atoms with Crippen molar-refractivity contribution in [1.82, 2.24) is 9.78 Å². The van der Waals surface area contributed by atoms with Crippen molar-refractivity contribution in [2.75, 3.05) is 5.32 Å². The fourth-order valence-electron chi connectivity index (χ4n) is 4.77. The maximum atomic E-state index is 13.9. The van der Waals surface area contributed by atoms with Crippen LogP contribution in [0.25, 0.3) is 16.9 Å². The summed E-state index contributed by atoms with van der Waals surface area (Å²) in [6.45, 7) is 7.95. The first-order valence-corrected chi connectivity index (χ1v) is 13.4. The smallest absolute Gasteiger partial charge is 0.259 e. The summed E-state index contributed by atoms with van der Waals surface area (Å²) in [4.78, 5) is 13.9. The summed E-state index contributed by atoms with van der Waals surface area (Å²) >= 11 is 0. The summed E-state index contributed by atoms with van der Waals surface area (Å²) in [5.74, 6) is 0.752. The lowest BCUT2D eigenvalue weighted by Gasteiger charge is -2.18. The number of aryl methyl sites for hydroxylation is 1. The monoisotopic (exact) mass is 548 g/mol. The summed E-state index contributed by atoms with van der Waals surface area (Å²) < 4.78 is 7.96. The van der Waals surface area contributed by atoms with Crippen LogP contribution in [0.1, 0.15) is 46.9 Å². The Morgan fingerprint density at radius 3 is 2.29 bits per heavy atom. The van der Waals surface area contributed by atoms with Crippen LogP contribution >= 0.6 is 0 Å². The third-order valence-corrected chi connectivity index (χ3v) is 6.82. The number of nitrogens with one attached hydrogen (secondary N) is 2. The van der Waals surface area contributed by atoms with Crippen molar-refractivity contribution < 1.29 is 20.0 Å². The van der Waals surface area contributed by atoms with E-state index in [9.17, 15) is 15.2 Å². The molecule has 0 saturated carbocycles. The topological polar surface area (TPSA) is 104 Å². The zero-order valence-electron chi connectivity index (χ0n) is 23.4.